The van der Waals surface area contributed by atoms with E-state index >= 15 is 0 Å². The minimum Gasteiger partial charge on any atom is -0.398 e. The standard InChI is InChI=1S/C14H24N2O2S2/c1-11(14(2,3)4)16-20(17,18)10-9-19-13-8-6-5-7-12(13)15/h5-8,11,16H,9-10,15H2,1-4H3. The third-order valence-electron chi connectivity index (χ3n) is 3.18. The van der Waals surface area contributed by atoms with E-state index < -0.39 is 10.0 Å². The maximum Gasteiger partial charge on any atom is 0.212 e. The molecule has 1 unspecified atom stereocenters. The molecule has 0 aliphatic carbocycles. The minimum absolute atomic E-state index is 0.0897. The van der Waals surface area contributed by atoms with E-state index in [0.29, 0.717) is 11.4 Å². The summed E-state index contributed by atoms with van der Waals surface area (Å²) in [5, 5.41) is 0. The Bertz CT molecular complexity index is 536. The van der Waals surface area contributed by atoms with Crippen LogP contribution in [0.3, 0.4) is 0 Å². The molecule has 0 bridgehead atoms. The van der Waals surface area contributed by atoms with Crippen LogP contribution in [0.25, 0.3) is 0 Å². The second kappa shape index (κ2) is 6.83. The molecule has 0 aliphatic rings. The van der Waals surface area contributed by atoms with Crippen molar-refractivity contribution in [3.8, 4) is 0 Å². The van der Waals surface area contributed by atoms with Crippen LogP contribution in [0, 0.1) is 5.41 Å². The number of hydrogen-bond acceptors (Lipinski definition) is 4. The first-order valence-corrected chi connectivity index (χ1v) is 9.23. The Morgan fingerprint density at radius 2 is 1.90 bits per heavy atom. The van der Waals surface area contributed by atoms with Crippen LogP contribution in [-0.4, -0.2) is 26.0 Å². The molecular weight excluding hydrogens is 292 g/mol. The van der Waals surface area contributed by atoms with Gasteiger partial charge in [-0.25, -0.2) is 13.1 Å². The van der Waals surface area contributed by atoms with Gasteiger partial charge < -0.3 is 5.73 Å². The van der Waals surface area contributed by atoms with Gasteiger partial charge in [0.05, 0.1) is 5.75 Å². The topological polar surface area (TPSA) is 72.2 Å². The van der Waals surface area contributed by atoms with Crippen LogP contribution in [0.2, 0.25) is 0 Å². The van der Waals surface area contributed by atoms with Crippen molar-refractivity contribution in [2.45, 2.75) is 38.6 Å². The smallest absolute Gasteiger partial charge is 0.212 e. The minimum atomic E-state index is -3.26. The molecule has 4 nitrogen and oxygen atoms in total. The summed E-state index contributed by atoms with van der Waals surface area (Å²) in [4.78, 5) is 0.923. The molecule has 1 rings (SSSR count). The third-order valence-corrected chi connectivity index (χ3v) is 5.99. The predicted molar refractivity (Wildman–Crippen MR) is 87.4 cm³/mol. The van der Waals surface area contributed by atoms with Crippen LogP contribution < -0.4 is 10.5 Å². The zero-order chi connectivity index (χ0) is 15.4. The van der Waals surface area contributed by atoms with Crippen LogP contribution in [-0.2, 0) is 10.0 Å². The lowest BCUT2D eigenvalue weighted by Gasteiger charge is -2.27. The van der Waals surface area contributed by atoms with Gasteiger partial charge in [-0.3, -0.25) is 0 Å². The van der Waals surface area contributed by atoms with Gasteiger partial charge in [-0.1, -0.05) is 32.9 Å². The van der Waals surface area contributed by atoms with Gasteiger partial charge >= 0.3 is 0 Å². The van der Waals surface area contributed by atoms with Crippen molar-refractivity contribution in [1.82, 2.24) is 4.72 Å². The van der Waals surface area contributed by atoms with Gasteiger partial charge in [-0.2, -0.15) is 0 Å². The van der Waals surface area contributed by atoms with E-state index in [4.69, 9.17) is 5.73 Å². The van der Waals surface area contributed by atoms with Crippen molar-refractivity contribution in [3.63, 3.8) is 0 Å². The lowest BCUT2D eigenvalue weighted by Crippen LogP contribution is -2.42. The van der Waals surface area contributed by atoms with E-state index in [-0.39, 0.29) is 17.2 Å². The van der Waals surface area contributed by atoms with Gasteiger partial charge in [0.25, 0.3) is 0 Å². The van der Waals surface area contributed by atoms with Crippen molar-refractivity contribution in [2.24, 2.45) is 5.41 Å². The number of nitrogens with two attached hydrogens (primary N) is 1. The Morgan fingerprint density at radius 3 is 2.45 bits per heavy atom. The molecule has 6 heteroatoms. The van der Waals surface area contributed by atoms with E-state index in [2.05, 4.69) is 4.72 Å². The number of nitrogens with one attached hydrogen (secondary N) is 1. The van der Waals surface area contributed by atoms with Crippen molar-refractivity contribution < 1.29 is 8.42 Å². The third kappa shape index (κ3) is 5.73. The molecule has 0 amide bonds. The predicted octanol–water partition coefficient (Wildman–Crippen LogP) is 2.71. The number of sulfonamides is 1. The van der Waals surface area contributed by atoms with E-state index in [1.807, 2.05) is 52.0 Å². The highest BCUT2D eigenvalue weighted by Crippen LogP contribution is 2.24. The lowest BCUT2D eigenvalue weighted by atomic mass is 9.89. The van der Waals surface area contributed by atoms with Crippen molar-refractivity contribution in [1.29, 1.82) is 0 Å². The highest BCUT2D eigenvalue weighted by molar-refractivity contribution is 8.00. The van der Waals surface area contributed by atoms with Crippen LogP contribution in [0.15, 0.2) is 29.2 Å². The molecule has 1 atom stereocenters. The van der Waals surface area contributed by atoms with Crippen LogP contribution in [0.1, 0.15) is 27.7 Å². The molecule has 0 radical (unpaired) electrons. The summed E-state index contributed by atoms with van der Waals surface area (Å²) in [6.45, 7) is 7.93. The zero-order valence-corrected chi connectivity index (χ0v) is 14.1. The Hall–Kier alpha value is -0.720. The van der Waals surface area contributed by atoms with E-state index in [0.717, 1.165) is 4.90 Å². The van der Waals surface area contributed by atoms with Crippen molar-refractivity contribution in [2.75, 3.05) is 17.2 Å². The second-order valence-corrected chi connectivity index (χ2v) is 8.92. The Kier molecular flexibility index (Phi) is 5.91. The SMILES string of the molecule is CC(NS(=O)(=O)CCSc1ccccc1N)C(C)(C)C. The first-order valence-electron chi connectivity index (χ1n) is 6.59. The van der Waals surface area contributed by atoms with Gasteiger partial charge in [-0.15, -0.1) is 11.8 Å². The van der Waals surface area contributed by atoms with Gasteiger partial charge in [0.1, 0.15) is 0 Å². The van der Waals surface area contributed by atoms with Crippen molar-refractivity contribution >= 4 is 27.5 Å². The number of anilines is 1. The van der Waals surface area contributed by atoms with E-state index in [1.165, 1.54) is 11.8 Å². The van der Waals surface area contributed by atoms with Crippen LogP contribution in [0.4, 0.5) is 5.69 Å². The normalized spacial score (nSPS) is 14.2. The molecule has 0 spiro atoms. The van der Waals surface area contributed by atoms with Gasteiger partial charge in [-0.05, 0) is 24.5 Å². The number of benzene rings is 1. The molecule has 20 heavy (non-hydrogen) atoms. The van der Waals surface area contributed by atoms with E-state index in [9.17, 15) is 8.42 Å². The number of thioether (sulfide) groups is 1. The fraction of sp³-hybridized carbons (Fsp3) is 0.571. The first kappa shape index (κ1) is 17.3. The number of para-hydroxylation sites is 1. The maximum absolute atomic E-state index is 12.0. The summed E-state index contributed by atoms with van der Waals surface area (Å²) in [5.74, 6) is 0.576. The fourth-order valence-corrected chi connectivity index (χ4v) is 4.23. The summed E-state index contributed by atoms with van der Waals surface area (Å²) in [5.41, 5.74) is 6.42. The Morgan fingerprint density at radius 1 is 1.30 bits per heavy atom. The highest BCUT2D eigenvalue weighted by atomic mass is 32.2. The summed E-state index contributed by atoms with van der Waals surface area (Å²) in [6.07, 6.45) is 0. The number of rotatable bonds is 6. The van der Waals surface area contributed by atoms with Gasteiger partial charge in [0.15, 0.2) is 0 Å². The molecule has 0 heterocycles. The van der Waals surface area contributed by atoms with E-state index in [1.54, 1.807) is 0 Å². The zero-order valence-electron chi connectivity index (χ0n) is 12.5. The lowest BCUT2D eigenvalue weighted by molar-refractivity contribution is 0.318. The molecule has 3 N–H and O–H groups in total. The van der Waals surface area contributed by atoms with Gasteiger partial charge in [0.2, 0.25) is 10.0 Å². The van der Waals surface area contributed by atoms with Crippen molar-refractivity contribution in [3.05, 3.63) is 24.3 Å². The Balaban J connectivity index is 2.51. The maximum atomic E-state index is 12.0. The summed E-state index contributed by atoms with van der Waals surface area (Å²) >= 11 is 1.46. The molecular formula is C14H24N2O2S2. The monoisotopic (exact) mass is 316 g/mol. The van der Waals surface area contributed by atoms with Gasteiger partial charge in [0, 0.05) is 22.4 Å². The van der Waals surface area contributed by atoms with Crippen LogP contribution in [0.5, 0.6) is 0 Å². The average molecular weight is 316 g/mol. The molecule has 0 aliphatic heterocycles. The summed E-state index contributed by atoms with van der Waals surface area (Å²) < 4.78 is 26.7. The Labute approximate surface area is 126 Å². The number of hydrogen-bond donors (Lipinski definition) is 2. The second-order valence-electron chi connectivity index (χ2n) is 5.91. The molecule has 0 fully saturated rings. The number of nitrogen functional groups attached to an aromatic ring is 1. The fourth-order valence-electron chi connectivity index (χ4n) is 1.38. The molecule has 0 saturated heterocycles. The molecule has 0 aromatic heterocycles. The summed E-state index contributed by atoms with van der Waals surface area (Å²) in [7, 11) is -3.26. The molecule has 0 saturated carbocycles. The average Bonchev–Trinajstić information content (AvgIpc) is 2.29. The quantitative estimate of drug-likeness (QED) is 0.625. The largest absolute Gasteiger partial charge is 0.398 e. The molecule has 1 aromatic carbocycles. The molecule has 114 valence electrons. The first-order chi connectivity index (χ1) is 9.12. The molecule has 1 aromatic rings. The van der Waals surface area contributed by atoms with Crippen LogP contribution >= 0.6 is 11.8 Å². The highest BCUT2D eigenvalue weighted by Gasteiger charge is 2.24. The summed E-state index contributed by atoms with van der Waals surface area (Å²) in [6, 6.07) is 7.38.